The molecule has 0 atom stereocenters. The molecule has 1 rings (SSSR count). The number of nitrogens with one attached hydrogen (secondary N) is 1. The second-order valence-corrected chi connectivity index (χ2v) is 4.15. The van der Waals surface area contributed by atoms with Crippen molar-refractivity contribution in [2.24, 2.45) is 0 Å². The monoisotopic (exact) mass is 267 g/mol. The van der Waals surface area contributed by atoms with Gasteiger partial charge in [0.1, 0.15) is 5.75 Å². The number of amides is 1. The molecule has 1 aromatic rings. The van der Waals surface area contributed by atoms with Crippen LogP contribution in [0.3, 0.4) is 0 Å². The van der Waals surface area contributed by atoms with E-state index in [0.717, 1.165) is 0 Å². The van der Waals surface area contributed by atoms with Gasteiger partial charge in [-0.25, -0.2) is 0 Å². The Morgan fingerprint density at radius 3 is 2.79 bits per heavy atom. The number of carbonyl (C=O) groups excluding carboxylic acids is 1. The van der Waals surface area contributed by atoms with Gasteiger partial charge in [-0.3, -0.25) is 4.79 Å². The Balaban J connectivity index is 2.50. The molecule has 0 heterocycles. The molecule has 1 aromatic carbocycles. The number of ether oxygens (including phenoxy) is 1. The molecule has 0 aliphatic carbocycles. The number of hydroxylamine groups is 2. The number of rotatable bonds is 7. The zero-order valence-corrected chi connectivity index (χ0v) is 11.6. The van der Waals surface area contributed by atoms with Gasteiger partial charge in [0, 0.05) is 25.7 Å². The lowest BCUT2D eigenvalue weighted by Gasteiger charge is -2.13. The normalized spacial score (nSPS) is 10.5. The van der Waals surface area contributed by atoms with E-state index in [4.69, 9.17) is 15.3 Å². The Kier molecular flexibility index (Phi) is 6.11. The highest BCUT2D eigenvalue weighted by atomic mass is 16.7. The summed E-state index contributed by atoms with van der Waals surface area (Å²) in [5.74, 6) is 0.518. The van der Waals surface area contributed by atoms with Gasteiger partial charge in [-0.1, -0.05) is 0 Å². The molecular weight excluding hydrogens is 246 g/mol. The summed E-state index contributed by atoms with van der Waals surface area (Å²) < 4.78 is 5.16. The Bertz CT molecular complexity index is 424. The van der Waals surface area contributed by atoms with Crippen LogP contribution >= 0.6 is 0 Å². The third-order valence-electron chi connectivity index (χ3n) is 2.69. The molecule has 0 radical (unpaired) electrons. The van der Waals surface area contributed by atoms with Crippen LogP contribution in [-0.2, 0) is 9.63 Å². The van der Waals surface area contributed by atoms with Gasteiger partial charge in [-0.15, -0.1) is 0 Å². The minimum atomic E-state index is -0.0756. The highest BCUT2D eigenvalue weighted by Gasteiger charge is 2.08. The maximum absolute atomic E-state index is 11.8. The average Bonchev–Trinajstić information content (AvgIpc) is 2.38. The van der Waals surface area contributed by atoms with Crippen molar-refractivity contribution in [3.05, 3.63) is 18.2 Å². The first kappa shape index (κ1) is 15.3. The summed E-state index contributed by atoms with van der Waals surface area (Å²) >= 11 is 0. The second kappa shape index (κ2) is 7.60. The van der Waals surface area contributed by atoms with Crippen molar-refractivity contribution in [1.29, 1.82) is 0 Å². The summed E-state index contributed by atoms with van der Waals surface area (Å²) in [6.45, 7) is 0.692. The molecule has 0 unspecified atom stereocenters. The van der Waals surface area contributed by atoms with E-state index in [-0.39, 0.29) is 5.91 Å². The van der Waals surface area contributed by atoms with E-state index in [2.05, 4.69) is 5.32 Å². The van der Waals surface area contributed by atoms with Crippen molar-refractivity contribution in [2.75, 3.05) is 38.9 Å². The van der Waals surface area contributed by atoms with Crippen molar-refractivity contribution in [3.8, 4) is 5.75 Å². The minimum Gasteiger partial charge on any atom is -0.495 e. The predicted octanol–water partition coefficient (Wildman–Crippen LogP) is 1.49. The molecule has 0 fully saturated rings. The molecule has 0 aromatic heterocycles. The predicted molar refractivity (Wildman–Crippen MR) is 74.9 cm³/mol. The van der Waals surface area contributed by atoms with Crippen molar-refractivity contribution in [2.45, 2.75) is 12.8 Å². The molecule has 6 nitrogen and oxygen atoms in total. The van der Waals surface area contributed by atoms with Gasteiger partial charge in [-0.2, -0.15) is 5.06 Å². The molecule has 3 N–H and O–H groups in total. The summed E-state index contributed by atoms with van der Waals surface area (Å²) in [5, 5.41) is 4.47. The summed E-state index contributed by atoms with van der Waals surface area (Å²) in [5.41, 5.74) is 6.86. The number of hydrogen-bond donors (Lipinski definition) is 2. The van der Waals surface area contributed by atoms with Crippen molar-refractivity contribution >= 4 is 17.3 Å². The molecule has 0 bridgehead atoms. The Hall–Kier alpha value is -1.79. The van der Waals surface area contributed by atoms with Gasteiger partial charge in [-0.05, 0) is 24.6 Å². The maximum atomic E-state index is 11.8. The number of hydrogen-bond acceptors (Lipinski definition) is 5. The van der Waals surface area contributed by atoms with Gasteiger partial charge in [0.15, 0.2) is 0 Å². The zero-order valence-electron chi connectivity index (χ0n) is 11.6. The third-order valence-corrected chi connectivity index (χ3v) is 2.69. The number of nitrogens with zero attached hydrogens (tertiary/aromatic N) is 1. The first-order valence-corrected chi connectivity index (χ1v) is 6.05. The van der Waals surface area contributed by atoms with Crippen LogP contribution in [0.25, 0.3) is 0 Å². The fourth-order valence-corrected chi connectivity index (χ4v) is 1.59. The van der Waals surface area contributed by atoms with Crippen molar-refractivity contribution in [3.63, 3.8) is 0 Å². The summed E-state index contributed by atoms with van der Waals surface area (Å²) in [4.78, 5) is 16.8. The van der Waals surface area contributed by atoms with Gasteiger partial charge >= 0.3 is 0 Å². The quantitative estimate of drug-likeness (QED) is 0.578. The highest BCUT2D eigenvalue weighted by molar-refractivity contribution is 5.92. The zero-order chi connectivity index (χ0) is 14.3. The fourth-order valence-electron chi connectivity index (χ4n) is 1.59. The van der Waals surface area contributed by atoms with E-state index < -0.39 is 0 Å². The average molecular weight is 267 g/mol. The molecule has 1 amide bonds. The summed E-state index contributed by atoms with van der Waals surface area (Å²) in [6.07, 6.45) is 1.12. The standard InChI is InChI=1S/C13H21N3O3/c1-16(19-3)8-4-5-13(17)15-11-9-10(14)6-7-12(11)18-2/h6-7,9H,4-5,8,14H2,1-3H3,(H,15,17). The van der Waals surface area contributed by atoms with E-state index in [0.29, 0.717) is 36.5 Å². The summed E-state index contributed by atoms with van der Waals surface area (Å²) in [7, 11) is 4.96. The molecule has 6 heteroatoms. The van der Waals surface area contributed by atoms with Crippen LogP contribution in [0.2, 0.25) is 0 Å². The molecule has 19 heavy (non-hydrogen) atoms. The van der Waals surface area contributed by atoms with Crippen LogP contribution in [0.4, 0.5) is 11.4 Å². The van der Waals surface area contributed by atoms with E-state index in [1.807, 2.05) is 7.05 Å². The second-order valence-electron chi connectivity index (χ2n) is 4.15. The van der Waals surface area contributed by atoms with Gasteiger partial charge < -0.3 is 20.6 Å². The smallest absolute Gasteiger partial charge is 0.224 e. The van der Waals surface area contributed by atoms with Crippen LogP contribution in [0.5, 0.6) is 5.75 Å². The lowest BCUT2D eigenvalue weighted by Crippen LogP contribution is -2.20. The topological polar surface area (TPSA) is 76.8 Å². The van der Waals surface area contributed by atoms with Crippen LogP contribution in [0.15, 0.2) is 18.2 Å². The Morgan fingerprint density at radius 2 is 2.16 bits per heavy atom. The van der Waals surface area contributed by atoms with Gasteiger partial charge in [0.25, 0.3) is 0 Å². The lowest BCUT2D eigenvalue weighted by molar-refractivity contribution is -0.119. The Morgan fingerprint density at radius 1 is 1.42 bits per heavy atom. The molecule has 0 aliphatic heterocycles. The maximum Gasteiger partial charge on any atom is 0.224 e. The van der Waals surface area contributed by atoms with Crippen molar-refractivity contribution in [1.82, 2.24) is 5.06 Å². The van der Waals surface area contributed by atoms with E-state index >= 15 is 0 Å². The summed E-state index contributed by atoms with van der Waals surface area (Å²) in [6, 6.07) is 5.13. The van der Waals surface area contributed by atoms with E-state index in [1.165, 1.54) is 0 Å². The van der Waals surface area contributed by atoms with Crippen molar-refractivity contribution < 1.29 is 14.4 Å². The first-order chi connectivity index (χ1) is 9.06. The lowest BCUT2D eigenvalue weighted by atomic mass is 10.2. The van der Waals surface area contributed by atoms with Gasteiger partial charge in [0.05, 0.1) is 19.9 Å². The number of anilines is 2. The molecule has 0 aliphatic rings. The van der Waals surface area contributed by atoms with E-state index in [9.17, 15) is 4.79 Å². The SMILES string of the molecule is COc1ccc(N)cc1NC(=O)CCCN(C)OC. The molecule has 0 saturated heterocycles. The molecule has 0 spiro atoms. The highest BCUT2D eigenvalue weighted by Crippen LogP contribution is 2.26. The first-order valence-electron chi connectivity index (χ1n) is 6.05. The van der Waals surface area contributed by atoms with E-state index in [1.54, 1.807) is 37.5 Å². The van der Waals surface area contributed by atoms with Crippen LogP contribution in [0.1, 0.15) is 12.8 Å². The van der Waals surface area contributed by atoms with Crippen LogP contribution < -0.4 is 15.8 Å². The minimum absolute atomic E-state index is 0.0756. The fraction of sp³-hybridized carbons (Fsp3) is 0.462. The number of benzene rings is 1. The Labute approximate surface area is 113 Å². The number of nitrogens with two attached hydrogens (primary N) is 1. The molecule has 0 saturated carbocycles. The van der Waals surface area contributed by atoms with Gasteiger partial charge in [0.2, 0.25) is 5.91 Å². The molecule has 106 valence electrons. The number of methoxy groups -OCH3 is 1. The molecular formula is C13H21N3O3. The third kappa shape index (κ3) is 5.15. The van der Waals surface area contributed by atoms with Crippen LogP contribution in [-0.4, -0.2) is 38.8 Å². The van der Waals surface area contributed by atoms with Crippen LogP contribution in [0, 0.1) is 0 Å². The number of carbonyl (C=O) groups is 1. The number of nitrogen functional groups attached to an aromatic ring is 1. The largest absolute Gasteiger partial charge is 0.495 e.